The van der Waals surface area contributed by atoms with Crippen LogP contribution < -0.4 is 0 Å². The lowest BCUT2D eigenvalue weighted by Gasteiger charge is -2.11. The molecule has 3 rings (SSSR count). The average molecular weight is 374 g/mol. The Hall–Kier alpha value is -1.10. The van der Waals surface area contributed by atoms with Crippen LogP contribution in [-0.4, -0.2) is 9.55 Å². The van der Waals surface area contributed by atoms with Gasteiger partial charge in [-0.25, -0.2) is 9.37 Å². The van der Waals surface area contributed by atoms with E-state index in [0.29, 0.717) is 21.9 Å². The van der Waals surface area contributed by atoms with Gasteiger partial charge in [0.2, 0.25) is 0 Å². The summed E-state index contributed by atoms with van der Waals surface area (Å²) in [7, 11) is 0. The van der Waals surface area contributed by atoms with E-state index in [-0.39, 0.29) is 11.7 Å². The minimum Gasteiger partial charge on any atom is -0.294 e. The first-order valence-corrected chi connectivity index (χ1v) is 7.50. The fraction of sp³-hybridized carbons (Fsp3) is 0.0714. The second-order valence-corrected chi connectivity index (χ2v) is 5.65. The van der Waals surface area contributed by atoms with E-state index in [1.54, 1.807) is 22.8 Å². The molecular formula is C14H8BrCl2FN2. The zero-order valence-corrected chi connectivity index (χ0v) is 13.2. The third-order valence-corrected chi connectivity index (χ3v) is 4.61. The van der Waals surface area contributed by atoms with Crippen LogP contribution in [0.25, 0.3) is 16.7 Å². The van der Waals surface area contributed by atoms with Crippen molar-refractivity contribution in [3.05, 3.63) is 57.5 Å². The molecule has 0 N–H and O–H groups in total. The molecule has 0 unspecified atom stereocenters. The molecule has 0 saturated heterocycles. The molecule has 0 aliphatic carbocycles. The number of benzene rings is 2. The lowest BCUT2D eigenvalue weighted by Crippen LogP contribution is -2.00. The number of imidazole rings is 1. The molecule has 0 amide bonds. The Kier molecular flexibility index (Phi) is 3.71. The molecule has 0 radical (unpaired) electrons. The highest BCUT2D eigenvalue weighted by Crippen LogP contribution is 2.33. The van der Waals surface area contributed by atoms with Crippen molar-refractivity contribution in [3.63, 3.8) is 0 Å². The predicted octanol–water partition coefficient (Wildman–Crippen LogP) is 5.32. The Morgan fingerprint density at radius 1 is 1.20 bits per heavy atom. The van der Waals surface area contributed by atoms with Crippen LogP contribution >= 0.6 is 39.1 Å². The van der Waals surface area contributed by atoms with Crippen LogP contribution in [0.4, 0.5) is 4.39 Å². The summed E-state index contributed by atoms with van der Waals surface area (Å²) in [5.74, 6) is 0.369. The number of hydrogen-bond donors (Lipinski definition) is 0. The number of rotatable bonds is 2. The zero-order valence-electron chi connectivity index (χ0n) is 10.1. The number of para-hydroxylation sites is 1. The fourth-order valence-corrected chi connectivity index (χ4v) is 2.93. The third-order valence-electron chi connectivity index (χ3n) is 3.00. The second kappa shape index (κ2) is 5.35. The van der Waals surface area contributed by atoms with Gasteiger partial charge in [-0.3, -0.25) is 4.57 Å². The van der Waals surface area contributed by atoms with Gasteiger partial charge in [-0.2, -0.15) is 0 Å². The van der Waals surface area contributed by atoms with Gasteiger partial charge in [-0.15, -0.1) is 11.6 Å². The van der Waals surface area contributed by atoms with Crippen molar-refractivity contribution in [3.8, 4) is 5.69 Å². The lowest BCUT2D eigenvalue weighted by atomic mass is 10.2. The Labute approximate surface area is 133 Å². The predicted molar refractivity (Wildman–Crippen MR) is 83.3 cm³/mol. The van der Waals surface area contributed by atoms with Crippen LogP contribution in [0.2, 0.25) is 5.02 Å². The van der Waals surface area contributed by atoms with Crippen molar-refractivity contribution in [1.82, 2.24) is 9.55 Å². The summed E-state index contributed by atoms with van der Waals surface area (Å²) in [6.45, 7) is 0. The number of aromatic nitrogens is 2. The second-order valence-electron chi connectivity index (χ2n) is 4.18. The van der Waals surface area contributed by atoms with Gasteiger partial charge >= 0.3 is 0 Å². The maximum Gasteiger partial charge on any atom is 0.151 e. The molecule has 0 aliphatic rings. The van der Waals surface area contributed by atoms with Gasteiger partial charge in [0.05, 0.1) is 26.6 Å². The number of halogens is 4. The number of fused-ring (bicyclic) bond motifs is 1. The van der Waals surface area contributed by atoms with Gasteiger partial charge in [0.25, 0.3) is 0 Å². The molecule has 20 heavy (non-hydrogen) atoms. The van der Waals surface area contributed by atoms with Gasteiger partial charge in [-0.05, 0) is 40.2 Å². The molecule has 6 heteroatoms. The largest absolute Gasteiger partial charge is 0.294 e. The van der Waals surface area contributed by atoms with Gasteiger partial charge in [0, 0.05) is 0 Å². The van der Waals surface area contributed by atoms with Gasteiger partial charge in [-0.1, -0.05) is 23.7 Å². The molecule has 1 aromatic heterocycles. The van der Waals surface area contributed by atoms with E-state index < -0.39 is 0 Å². The summed E-state index contributed by atoms with van der Waals surface area (Å²) in [4.78, 5) is 4.27. The molecule has 0 bridgehead atoms. The summed E-state index contributed by atoms with van der Waals surface area (Å²) in [5, 5.41) is 0.571. The SMILES string of the molecule is Fc1cccc2c1nc(CCl)n2-c1cccc(Cl)c1Br. The summed E-state index contributed by atoms with van der Waals surface area (Å²) >= 11 is 15.5. The summed E-state index contributed by atoms with van der Waals surface area (Å²) in [6.07, 6.45) is 0. The molecule has 102 valence electrons. The monoisotopic (exact) mass is 372 g/mol. The molecule has 1 heterocycles. The first-order valence-electron chi connectivity index (χ1n) is 5.79. The minimum atomic E-state index is -0.370. The van der Waals surface area contributed by atoms with Crippen LogP contribution in [-0.2, 0) is 5.88 Å². The highest BCUT2D eigenvalue weighted by molar-refractivity contribution is 9.10. The molecule has 3 aromatic rings. The van der Waals surface area contributed by atoms with E-state index in [9.17, 15) is 4.39 Å². The Morgan fingerprint density at radius 2 is 1.95 bits per heavy atom. The molecular weight excluding hydrogens is 366 g/mol. The normalized spacial score (nSPS) is 11.2. The van der Waals surface area contributed by atoms with Crippen molar-refractivity contribution >= 4 is 50.2 Å². The number of hydrogen-bond acceptors (Lipinski definition) is 1. The molecule has 0 aliphatic heterocycles. The highest BCUT2D eigenvalue weighted by atomic mass is 79.9. The third kappa shape index (κ3) is 2.12. The van der Waals surface area contributed by atoms with Crippen molar-refractivity contribution in [2.75, 3.05) is 0 Å². The minimum absolute atomic E-state index is 0.174. The van der Waals surface area contributed by atoms with Crippen LogP contribution in [0.3, 0.4) is 0 Å². The lowest BCUT2D eigenvalue weighted by molar-refractivity contribution is 0.637. The fourth-order valence-electron chi connectivity index (χ4n) is 2.14. The van der Waals surface area contributed by atoms with Gasteiger partial charge in [0.1, 0.15) is 11.3 Å². The van der Waals surface area contributed by atoms with E-state index in [0.717, 1.165) is 10.2 Å². The quantitative estimate of drug-likeness (QED) is 0.556. The molecule has 0 saturated carbocycles. The molecule has 0 fully saturated rings. The van der Waals surface area contributed by atoms with E-state index in [1.165, 1.54) is 6.07 Å². The van der Waals surface area contributed by atoms with Crippen molar-refractivity contribution in [1.29, 1.82) is 0 Å². The van der Waals surface area contributed by atoms with Crippen molar-refractivity contribution < 1.29 is 4.39 Å². The number of alkyl halides is 1. The topological polar surface area (TPSA) is 17.8 Å². The summed E-state index contributed by atoms with van der Waals surface area (Å²) in [6, 6.07) is 10.3. The van der Waals surface area contributed by atoms with Crippen LogP contribution in [0, 0.1) is 5.82 Å². The molecule has 2 nitrogen and oxygen atoms in total. The van der Waals surface area contributed by atoms with Gasteiger partial charge < -0.3 is 0 Å². The van der Waals surface area contributed by atoms with E-state index in [4.69, 9.17) is 23.2 Å². The van der Waals surface area contributed by atoms with E-state index in [1.807, 2.05) is 12.1 Å². The first kappa shape index (κ1) is 13.9. The Morgan fingerprint density at radius 3 is 2.70 bits per heavy atom. The zero-order chi connectivity index (χ0) is 14.3. The maximum atomic E-state index is 13.9. The molecule has 2 aromatic carbocycles. The van der Waals surface area contributed by atoms with Crippen LogP contribution in [0.5, 0.6) is 0 Å². The summed E-state index contributed by atoms with van der Waals surface area (Å²) in [5.41, 5.74) is 1.74. The molecule has 0 spiro atoms. The van der Waals surface area contributed by atoms with Gasteiger partial charge in [0.15, 0.2) is 5.82 Å². The maximum absolute atomic E-state index is 13.9. The van der Waals surface area contributed by atoms with Crippen molar-refractivity contribution in [2.45, 2.75) is 5.88 Å². The van der Waals surface area contributed by atoms with E-state index in [2.05, 4.69) is 20.9 Å². The number of nitrogens with zero attached hydrogens (tertiary/aromatic N) is 2. The smallest absolute Gasteiger partial charge is 0.151 e. The first-order chi connectivity index (χ1) is 9.63. The van der Waals surface area contributed by atoms with E-state index >= 15 is 0 Å². The molecule has 0 atom stereocenters. The average Bonchev–Trinajstić information content (AvgIpc) is 2.82. The summed E-state index contributed by atoms with van der Waals surface area (Å²) < 4.78 is 16.4. The standard InChI is InChI=1S/C14H8BrCl2FN2/c15-13-8(17)3-1-5-10(13)20-11-6-2-4-9(18)14(11)19-12(20)7-16/h1-6H,7H2. The Balaban J connectivity index is 2.41. The Bertz CT molecular complexity index is 801. The highest BCUT2D eigenvalue weighted by Gasteiger charge is 2.16. The van der Waals surface area contributed by atoms with Crippen LogP contribution in [0.1, 0.15) is 5.82 Å². The van der Waals surface area contributed by atoms with Crippen LogP contribution in [0.15, 0.2) is 40.9 Å². The van der Waals surface area contributed by atoms with Crippen molar-refractivity contribution in [2.24, 2.45) is 0 Å².